The summed E-state index contributed by atoms with van der Waals surface area (Å²) in [4.78, 5) is 12.7. The summed E-state index contributed by atoms with van der Waals surface area (Å²) in [7, 11) is 0. The van der Waals surface area contributed by atoms with E-state index in [0.29, 0.717) is 17.5 Å². The van der Waals surface area contributed by atoms with Crippen molar-refractivity contribution in [3.05, 3.63) is 66.4 Å². The fourth-order valence-electron chi connectivity index (χ4n) is 2.86. The molecule has 2 atom stereocenters. The van der Waals surface area contributed by atoms with Crippen LogP contribution in [0, 0.1) is 12.7 Å². The van der Waals surface area contributed by atoms with Crippen LogP contribution >= 0.6 is 11.8 Å². The summed E-state index contributed by atoms with van der Waals surface area (Å²) in [6.45, 7) is 9.85. The van der Waals surface area contributed by atoms with Crippen LogP contribution in [0.1, 0.15) is 31.2 Å². The van der Waals surface area contributed by atoms with Crippen LogP contribution in [0.3, 0.4) is 0 Å². The van der Waals surface area contributed by atoms with E-state index in [2.05, 4.69) is 22.1 Å². The molecule has 3 rings (SSSR count). The summed E-state index contributed by atoms with van der Waals surface area (Å²) in [5.41, 5.74) is 1.69. The number of rotatable bonds is 8. The highest BCUT2D eigenvalue weighted by molar-refractivity contribution is 8.00. The average Bonchev–Trinajstić information content (AvgIpc) is 3.28. The molecular weight excluding hydrogens is 391 g/mol. The zero-order chi connectivity index (χ0) is 21.0. The molecule has 0 aliphatic rings. The standard InChI is InChI=1S/C21H23FN4O2S/c1-5-11-26-19(18-10-12-28-14(18)3)24-25-21(26)29-15(4)20(27)23-13(2)16-6-8-17(22)9-7-16/h5-10,12-13,15H,1,11H2,2-4H3,(H,23,27)/t13-,15-/m0/s1. The molecule has 1 aromatic carbocycles. The molecule has 8 heteroatoms. The predicted molar refractivity (Wildman–Crippen MR) is 111 cm³/mol. The second kappa shape index (κ2) is 9.09. The molecule has 29 heavy (non-hydrogen) atoms. The van der Waals surface area contributed by atoms with Gasteiger partial charge in [0.25, 0.3) is 0 Å². The van der Waals surface area contributed by atoms with Crippen molar-refractivity contribution < 1.29 is 13.6 Å². The van der Waals surface area contributed by atoms with Crippen molar-refractivity contribution in [2.45, 2.75) is 43.8 Å². The van der Waals surface area contributed by atoms with E-state index in [4.69, 9.17) is 4.42 Å². The number of allylic oxidation sites excluding steroid dienone is 1. The third-order valence-corrected chi connectivity index (χ3v) is 5.59. The second-order valence-corrected chi connectivity index (χ2v) is 7.95. The van der Waals surface area contributed by atoms with Crippen LogP contribution in [0.15, 0.2) is 58.8 Å². The summed E-state index contributed by atoms with van der Waals surface area (Å²) in [5, 5.41) is 11.7. The van der Waals surface area contributed by atoms with Crippen LogP contribution in [0.25, 0.3) is 11.4 Å². The Labute approximate surface area is 173 Å². The van der Waals surface area contributed by atoms with Crippen LogP contribution in [0.5, 0.6) is 0 Å². The Morgan fingerprint density at radius 3 is 2.66 bits per heavy atom. The molecule has 6 nitrogen and oxygen atoms in total. The van der Waals surface area contributed by atoms with Crippen molar-refractivity contribution >= 4 is 17.7 Å². The zero-order valence-corrected chi connectivity index (χ0v) is 17.4. The maximum atomic E-state index is 13.1. The number of benzene rings is 1. The number of carbonyl (C=O) groups excluding carboxylic acids is 1. The molecule has 0 aliphatic carbocycles. The van der Waals surface area contributed by atoms with Crippen molar-refractivity contribution in [2.24, 2.45) is 0 Å². The first-order valence-corrected chi connectivity index (χ1v) is 10.1. The van der Waals surface area contributed by atoms with E-state index in [1.54, 1.807) is 24.5 Å². The lowest BCUT2D eigenvalue weighted by Crippen LogP contribution is -2.33. The lowest BCUT2D eigenvalue weighted by atomic mass is 10.1. The number of hydrogen-bond donors (Lipinski definition) is 1. The van der Waals surface area contributed by atoms with Gasteiger partial charge in [0.2, 0.25) is 5.91 Å². The molecule has 0 saturated carbocycles. The first-order valence-electron chi connectivity index (χ1n) is 9.21. The van der Waals surface area contributed by atoms with Gasteiger partial charge in [0.1, 0.15) is 11.6 Å². The highest BCUT2D eigenvalue weighted by atomic mass is 32.2. The van der Waals surface area contributed by atoms with Gasteiger partial charge in [0, 0.05) is 6.54 Å². The van der Waals surface area contributed by atoms with Crippen LogP contribution < -0.4 is 5.32 Å². The van der Waals surface area contributed by atoms with Gasteiger partial charge in [-0.3, -0.25) is 9.36 Å². The Balaban J connectivity index is 1.72. The number of carbonyl (C=O) groups is 1. The van der Waals surface area contributed by atoms with Crippen LogP contribution in [0.2, 0.25) is 0 Å². The van der Waals surface area contributed by atoms with Crippen LogP contribution in [-0.2, 0) is 11.3 Å². The summed E-state index contributed by atoms with van der Waals surface area (Å²) in [6.07, 6.45) is 3.37. The van der Waals surface area contributed by atoms with Crippen LogP contribution in [-0.4, -0.2) is 25.9 Å². The fourth-order valence-corrected chi connectivity index (χ4v) is 3.73. The minimum atomic E-state index is -0.399. The van der Waals surface area contributed by atoms with Gasteiger partial charge in [0.15, 0.2) is 11.0 Å². The zero-order valence-electron chi connectivity index (χ0n) is 16.6. The smallest absolute Gasteiger partial charge is 0.233 e. The van der Waals surface area contributed by atoms with Gasteiger partial charge in [-0.1, -0.05) is 30.0 Å². The molecule has 0 unspecified atom stereocenters. The number of halogens is 1. The SMILES string of the molecule is C=CCn1c(S[C@@H](C)C(=O)N[C@@H](C)c2ccc(F)cc2)nnc1-c1ccoc1C. The number of furan rings is 1. The Morgan fingerprint density at radius 1 is 1.31 bits per heavy atom. The second-order valence-electron chi connectivity index (χ2n) is 6.64. The quantitative estimate of drug-likeness (QED) is 0.433. The molecule has 2 heterocycles. The lowest BCUT2D eigenvalue weighted by molar-refractivity contribution is -0.120. The minimum absolute atomic E-state index is 0.138. The normalized spacial score (nSPS) is 13.1. The number of aromatic nitrogens is 3. The lowest BCUT2D eigenvalue weighted by Gasteiger charge is -2.18. The molecule has 1 N–H and O–H groups in total. The number of nitrogens with zero attached hydrogens (tertiary/aromatic N) is 3. The summed E-state index contributed by atoms with van der Waals surface area (Å²) in [5.74, 6) is 0.978. The van der Waals surface area contributed by atoms with E-state index >= 15 is 0 Å². The monoisotopic (exact) mass is 414 g/mol. The third kappa shape index (κ3) is 4.76. The number of amides is 1. The molecule has 0 radical (unpaired) electrons. The number of nitrogens with one attached hydrogen (secondary N) is 1. The van der Waals surface area contributed by atoms with E-state index in [-0.39, 0.29) is 17.8 Å². The minimum Gasteiger partial charge on any atom is -0.469 e. The van der Waals surface area contributed by atoms with E-state index < -0.39 is 5.25 Å². The molecule has 1 amide bonds. The Morgan fingerprint density at radius 2 is 2.03 bits per heavy atom. The predicted octanol–water partition coefficient (Wildman–Crippen LogP) is 4.53. The van der Waals surface area contributed by atoms with Gasteiger partial charge in [-0.05, 0) is 44.5 Å². The van der Waals surface area contributed by atoms with E-state index in [9.17, 15) is 9.18 Å². The van der Waals surface area contributed by atoms with Gasteiger partial charge in [0.05, 0.1) is 23.1 Å². The number of thioether (sulfide) groups is 1. The molecule has 0 fully saturated rings. The van der Waals surface area contributed by atoms with Gasteiger partial charge in [-0.15, -0.1) is 16.8 Å². The van der Waals surface area contributed by atoms with Gasteiger partial charge in [-0.25, -0.2) is 4.39 Å². The van der Waals surface area contributed by atoms with Crippen molar-refractivity contribution in [1.29, 1.82) is 0 Å². The Bertz CT molecular complexity index is 997. The molecule has 0 spiro atoms. The number of hydrogen-bond acceptors (Lipinski definition) is 5. The summed E-state index contributed by atoms with van der Waals surface area (Å²) in [6, 6.07) is 7.70. The molecule has 152 valence electrons. The largest absolute Gasteiger partial charge is 0.469 e. The van der Waals surface area contributed by atoms with Crippen molar-refractivity contribution in [3.8, 4) is 11.4 Å². The average molecular weight is 415 g/mol. The maximum Gasteiger partial charge on any atom is 0.233 e. The molecule has 3 aromatic rings. The fraction of sp³-hybridized carbons (Fsp3) is 0.286. The van der Waals surface area contributed by atoms with E-state index in [0.717, 1.165) is 16.9 Å². The van der Waals surface area contributed by atoms with E-state index in [1.807, 2.05) is 31.4 Å². The molecule has 0 bridgehead atoms. The van der Waals surface area contributed by atoms with Gasteiger partial charge >= 0.3 is 0 Å². The van der Waals surface area contributed by atoms with Gasteiger partial charge in [-0.2, -0.15) is 0 Å². The van der Waals surface area contributed by atoms with Gasteiger partial charge < -0.3 is 9.73 Å². The Hall–Kier alpha value is -2.87. The third-order valence-electron chi connectivity index (χ3n) is 4.51. The molecule has 0 aliphatic heterocycles. The highest BCUT2D eigenvalue weighted by Gasteiger charge is 2.23. The summed E-state index contributed by atoms with van der Waals surface area (Å²) < 4.78 is 20.4. The molecule has 2 aromatic heterocycles. The molecular formula is C21H23FN4O2S. The topological polar surface area (TPSA) is 73.0 Å². The van der Waals surface area contributed by atoms with Crippen molar-refractivity contribution in [2.75, 3.05) is 0 Å². The first-order chi connectivity index (χ1) is 13.9. The summed E-state index contributed by atoms with van der Waals surface area (Å²) >= 11 is 1.32. The first kappa shape index (κ1) is 20.9. The van der Waals surface area contributed by atoms with E-state index in [1.165, 1.54) is 23.9 Å². The number of aryl methyl sites for hydroxylation is 1. The molecule has 0 saturated heterocycles. The van der Waals surface area contributed by atoms with Crippen LogP contribution in [0.4, 0.5) is 4.39 Å². The van der Waals surface area contributed by atoms with Crippen molar-refractivity contribution in [1.82, 2.24) is 20.1 Å². The highest BCUT2D eigenvalue weighted by Crippen LogP contribution is 2.29. The van der Waals surface area contributed by atoms with Crippen molar-refractivity contribution in [3.63, 3.8) is 0 Å². The Kier molecular flexibility index (Phi) is 6.53. The maximum absolute atomic E-state index is 13.1.